The number of hydrogen-bond acceptors (Lipinski definition) is 1. The van der Waals surface area contributed by atoms with E-state index in [0.29, 0.717) is 0 Å². The quantitative estimate of drug-likeness (QED) is 0.552. The SMILES string of the molecule is C#CC(C)(O)C(CC(C)=C(C)C)C(=C)C. The second-order valence-electron chi connectivity index (χ2n) is 4.68. The Morgan fingerprint density at radius 1 is 1.40 bits per heavy atom. The molecule has 84 valence electrons. The molecule has 0 radical (unpaired) electrons. The molecule has 0 aliphatic rings. The summed E-state index contributed by atoms with van der Waals surface area (Å²) in [5, 5.41) is 10.1. The number of aliphatic hydroxyl groups is 1. The maximum atomic E-state index is 10.1. The maximum absolute atomic E-state index is 10.1. The minimum Gasteiger partial charge on any atom is -0.377 e. The van der Waals surface area contributed by atoms with E-state index in [1.54, 1.807) is 6.92 Å². The monoisotopic (exact) mass is 206 g/mol. The summed E-state index contributed by atoms with van der Waals surface area (Å²) in [5.41, 5.74) is 2.36. The smallest absolute Gasteiger partial charge is 0.129 e. The summed E-state index contributed by atoms with van der Waals surface area (Å²) in [6.07, 6.45) is 6.11. The maximum Gasteiger partial charge on any atom is 0.129 e. The molecule has 0 aliphatic carbocycles. The fourth-order valence-corrected chi connectivity index (χ4v) is 1.46. The summed E-state index contributed by atoms with van der Waals surface area (Å²) in [6.45, 7) is 13.7. The highest BCUT2D eigenvalue weighted by Crippen LogP contribution is 2.30. The zero-order valence-electron chi connectivity index (χ0n) is 10.5. The molecule has 2 unspecified atom stereocenters. The van der Waals surface area contributed by atoms with Crippen LogP contribution in [0.15, 0.2) is 23.3 Å². The van der Waals surface area contributed by atoms with Gasteiger partial charge in [0.05, 0.1) is 0 Å². The van der Waals surface area contributed by atoms with Crippen LogP contribution in [0.2, 0.25) is 0 Å². The van der Waals surface area contributed by atoms with Crippen LogP contribution in [0.4, 0.5) is 0 Å². The van der Waals surface area contributed by atoms with Crippen molar-refractivity contribution in [3.05, 3.63) is 23.3 Å². The Kier molecular flexibility index (Phi) is 4.84. The number of rotatable bonds is 4. The second kappa shape index (κ2) is 5.19. The van der Waals surface area contributed by atoms with E-state index < -0.39 is 5.60 Å². The third kappa shape index (κ3) is 3.93. The van der Waals surface area contributed by atoms with Gasteiger partial charge in [-0.2, -0.15) is 0 Å². The van der Waals surface area contributed by atoms with E-state index in [-0.39, 0.29) is 5.92 Å². The molecule has 1 heteroatoms. The van der Waals surface area contributed by atoms with Gasteiger partial charge >= 0.3 is 0 Å². The third-order valence-electron chi connectivity index (χ3n) is 2.93. The molecule has 0 aromatic carbocycles. The lowest BCUT2D eigenvalue weighted by atomic mass is 9.80. The highest BCUT2D eigenvalue weighted by Gasteiger charge is 2.30. The predicted molar refractivity (Wildman–Crippen MR) is 66.4 cm³/mol. The van der Waals surface area contributed by atoms with Crippen LogP contribution in [0.1, 0.15) is 41.0 Å². The summed E-state index contributed by atoms with van der Waals surface area (Å²) in [4.78, 5) is 0. The molecule has 0 spiro atoms. The van der Waals surface area contributed by atoms with E-state index >= 15 is 0 Å². The molecule has 0 heterocycles. The van der Waals surface area contributed by atoms with Gasteiger partial charge in [-0.15, -0.1) is 6.42 Å². The lowest BCUT2D eigenvalue weighted by molar-refractivity contribution is 0.0724. The molecular formula is C14H22O. The van der Waals surface area contributed by atoms with Crippen molar-refractivity contribution in [3.63, 3.8) is 0 Å². The first-order chi connectivity index (χ1) is 6.72. The standard InChI is InChI=1S/C14H22O/c1-8-14(7,15)13(11(4)5)9-12(6)10(2)3/h1,13,15H,4,9H2,2-3,5-7H3. The Balaban J connectivity index is 4.98. The second-order valence-corrected chi connectivity index (χ2v) is 4.68. The topological polar surface area (TPSA) is 20.2 Å². The van der Waals surface area contributed by atoms with Crippen LogP contribution in [0.25, 0.3) is 0 Å². The van der Waals surface area contributed by atoms with Gasteiger partial charge in [-0.25, -0.2) is 0 Å². The van der Waals surface area contributed by atoms with Crippen LogP contribution < -0.4 is 0 Å². The first-order valence-electron chi connectivity index (χ1n) is 5.20. The van der Waals surface area contributed by atoms with Gasteiger partial charge in [-0.3, -0.25) is 0 Å². The summed E-state index contributed by atoms with van der Waals surface area (Å²) in [6, 6.07) is 0. The Morgan fingerprint density at radius 3 is 2.13 bits per heavy atom. The van der Waals surface area contributed by atoms with Crippen molar-refractivity contribution in [2.24, 2.45) is 5.92 Å². The molecule has 0 amide bonds. The Bertz CT molecular complexity index is 309. The summed E-state index contributed by atoms with van der Waals surface area (Å²) < 4.78 is 0. The molecule has 0 aliphatic heterocycles. The average molecular weight is 206 g/mol. The molecule has 0 bridgehead atoms. The number of terminal acetylenes is 1. The van der Waals surface area contributed by atoms with Crippen molar-refractivity contribution in [2.75, 3.05) is 0 Å². The van der Waals surface area contributed by atoms with Gasteiger partial charge in [-0.1, -0.05) is 29.2 Å². The zero-order valence-corrected chi connectivity index (χ0v) is 10.5. The van der Waals surface area contributed by atoms with E-state index in [4.69, 9.17) is 6.42 Å². The van der Waals surface area contributed by atoms with E-state index in [2.05, 4.69) is 33.3 Å². The van der Waals surface area contributed by atoms with Gasteiger partial charge < -0.3 is 5.11 Å². The van der Waals surface area contributed by atoms with Crippen LogP contribution in [0.5, 0.6) is 0 Å². The highest BCUT2D eigenvalue weighted by molar-refractivity contribution is 5.21. The van der Waals surface area contributed by atoms with Gasteiger partial charge in [0.2, 0.25) is 0 Å². The van der Waals surface area contributed by atoms with Crippen LogP contribution in [0.3, 0.4) is 0 Å². The fraction of sp³-hybridized carbons (Fsp3) is 0.571. The molecule has 0 aromatic rings. The van der Waals surface area contributed by atoms with Crippen molar-refractivity contribution >= 4 is 0 Å². The Morgan fingerprint density at radius 2 is 1.87 bits per heavy atom. The van der Waals surface area contributed by atoms with Gasteiger partial charge in [0.25, 0.3) is 0 Å². The van der Waals surface area contributed by atoms with E-state index in [9.17, 15) is 5.11 Å². The molecule has 0 aromatic heterocycles. The third-order valence-corrected chi connectivity index (χ3v) is 2.93. The van der Waals surface area contributed by atoms with Crippen LogP contribution in [0, 0.1) is 18.3 Å². The fourth-order valence-electron chi connectivity index (χ4n) is 1.46. The van der Waals surface area contributed by atoms with Crippen molar-refractivity contribution in [3.8, 4) is 12.3 Å². The molecule has 15 heavy (non-hydrogen) atoms. The summed E-state index contributed by atoms with van der Waals surface area (Å²) in [7, 11) is 0. The molecule has 0 saturated carbocycles. The van der Waals surface area contributed by atoms with Crippen molar-refractivity contribution in [1.82, 2.24) is 0 Å². The minimum atomic E-state index is -1.11. The first kappa shape index (κ1) is 14.0. The number of hydrogen-bond donors (Lipinski definition) is 1. The Hall–Kier alpha value is -1.00. The van der Waals surface area contributed by atoms with Gasteiger partial charge in [-0.05, 0) is 41.0 Å². The average Bonchev–Trinajstić information content (AvgIpc) is 2.12. The van der Waals surface area contributed by atoms with E-state index in [1.165, 1.54) is 11.1 Å². The minimum absolute atomic E-state index is 0.0719. The summed E-state index contributed by atoms with van der Waals surface area (Å²) >= 11 is 0. The van der Waals surface area contributed by atoms with E-state index in [1.807, 2.05) is 6.92 Å². The molecule has 0 fully saturated rings. The molecular weight excluding hydrogens is 184 g/mol. The summed E-state index contributed by atoms with van der Waals surface area (Å²) in [5.74, 6) is 2.37. The van der Waals surface area contributed by atoms with Crippen molar-refractivity contribution < 1.29 is 5.11 Å². The molecule has 1 N–H and O–H groups in total. The van der Waals surface area contributed by atoms with Crippen LogP contribution in [-0.2, 0) is 0 Å². The molecule has 0 rings (SSSR count). The van der Waals surface area contributed by atoms with Crippen molar-refractivity contribution in [2.45, 2.75) is 46.6 Å². The normalized spacial score (nSPS) is 16.1. The molecule has 1 nitrogen and oxygen atoms in total. The highest BCUT2D eigenvalue weighted by atomic mass is 16.3. The zero-order chi connectivity index (χ0) is 12.2. The predicted octanol–water partition coefficient (Wildman–Crippen LogP) is 3.31. The lowest BCUT2D eigenvalue weighted by Crippen LogP contribution is -2.33. The van der Waals surface area contributed by atoms with Crippen LogP contribution >= 0.6 is 0 Å². The van der Waals surface area contributed by atoms with Gasteiger partial charge in [0, 0.05) is 5.92 Å². The number of allylic oxidation sites excluding steroid dienone is 2. The van der Waals surface area contributed by atoms with Gasteiger partial charge in [0.15, 0.2) is 0 Å². The lowest BCUT2D eigenvalue weighted by Gasteiger charge is -2.29. The molecule has 0 saturated heterocycles. The van der Waals surface area contributed by atoms with Crippen LogP contribution in [-0.4, -0.2) is 10.7 Å². The largest absolute Gasteiger partial charge is 0.377 e. The Labute approximate surface area is 93.9 Å². The first-order valence-corrected chi connectivity index (χ1v) is 5.20. The van der Waals surface area contributed by atoms with Gasteiger partial charge in [0.1, 0.15) is 5.60 Å². The molecule has 2 atom stereocenters. The van der Waals surface area contributed by atoms with E-state index in [0.717, 1.165) is 12.0 Å². The van der Waals surface area contributed by atoms with Crippen molar-refractivity contribution in [1.29, 1.82) is 0 Å².